The van der Waals surface area contributed by atoms with Crippen LogP contribution in [0.2, 0.25) is 5.02 Å². The van der Waals surface area contributed by atoms with Crippen molar-refractivity contribution in [2.24, 2.45) is 5.92 Å². The summed E-state index contributed by atoms with van der Waals surface area (Å²) < 4.78 is 10.0. The van der Waals surface area contributed by atoms with E-state index in [9.17, 15) is 14.4 Å². The number of aryl methyl sites for hydroxylation is 1. The summed E-state index contributed by atoms with van der Waals surface area (Å²) in [5, 5.41) is 3.00. The lowest BCUT2D eigenvalue weighted by Crippen LogP contribution is -2.28. The van der Waals surface area contributed by atoms with Crippen LogP contribution in [-0.4, -0.2) is 38.5 Å². The van der Waals surface area contributed by atoms with Crippen LogP contribution >= 0.6 is 11.6 Å². The number of anilines is 2. The van der Waals surface area contributed by atoms with E-state index >= 15 is 0 Å². The Bertz CT molecular complexity index is 976. The number of carbonyl (C=O) groups is 3. The molecule has 0 bridgehead atoms. The van der Waals surface area contributed by atoms with Crippen molar-refractivity contribution < 1.29 is 23.9 Å². The minimum Gasteiger partial charge on any atom is -0.495 e. The van der Waals surface area contributed by atoms with Crippen molar-refractivity contribution in [2.45, 2.75) is 13.3 Å². The van der Waals surface area contributed by atoms with E-state index in [-0.39, 0.29) is 35.4 Å². The van der Waals surface area contributed by atoms with Gasteiger partial charge in [-0.1, -0.05) is 17.7 Å². The Morgan fingerprint density at radius 3 is 2.62 bits per heavy atom. The van der Waals surface area contributed by atoms with E-state index in [1.54, 1.807) is 11.0 Å². The van der Waals surface area contributed by atoms with Crippen LogP contribution in [0.15, 0.2) is 36.4 Å². The van der Waals surface area contributed by atoms with Crippen LogP contribution in [0.1, 0.15) is 22.3 Å². The van der Waals surface area contributed by atoms with E-state index in [0.717, 1.165) is 5.56 Å². The van der Waals surface area contributed by atoms with Crippen molar-refractivity contribution in [1.82, 2.24) is 0 Å². The van der Waals surface area contributed by atoms with Crippen molar-refractivity contribution in [1.29, 1.82) is 0 Å². The molecule has 1 heterocycles. The Labute approximate surface area is 173 Å². The molecule has 1 saturated heterocycles. The first-order valence-corrected chi connectivity index (χ1v) is 9.35. The number of hydrogen-bond donors (Lipinski definition) is 1. The molecule has 152 valence electrons. The van der Waals surface area contributed by atoms with Gasteiger partial charge in [-0.2, -0.15) is 0 Å². The lowest BCUT2D eigenvalue weighted by atomic mass is 10.1. The van der Waals surface area contributed by atoms with Crippen LogP contribution in [0.3, 0.4) is 0 Å². The number of nitrogens with zero attached hydrogens (tertiary/aromatic N) is 1. The number of esters is 1. The predicted molar refractivity (Wildman–Crippen MR) is 110 cm³/mol. The van der Waals surface area contributed by atoms with Crippen LogP contribution < -0.4 is 15.0 Å². The quantitative estimate of drug-likeness (QED) is 0.755. The second kappa shape index (κ2) is 8.53. The average Bonchev–Trinajstić information content (AvgIpc) is 3.10. The van der Waals surface area contributed by atoms with Gasteiger partial charge in [0.15, 0.2) is 0 Å². The van der Waals surface area contributed by atoms with E-state index in [1.165, 1.54) is 32.4 Å². The van der Waals surface area contributed by atoms with Crippen molar-refractivity contribution >= 4 is 40.8 Å². The molecule has 29 heavy (non-hydrogen) atoms. The zero-order valence-electron chi connectivity index (χ0n) is 16.3. The molecule has 1 atom stereocenters. The van der Waals surface area contributed by atoms with Crippen molar-refractivity contribution in [3.05, 3.63) is 52.5 Å². The second-order valence-corrected chi connectivity index (χ2v) is 7.16. The van der Waals surface area contributed by atoms with Gasteiger partial charge < -0.3 is 19.7 Å². The molecular formula is C21H21ClN2O5. The minimum atomic E-state index is -0.564. The Morgan fingerprint density at radius 1 is 1.17 bits per heavy atom. The highest BCUT2D eigenvalue weighted by Gasteiger charge is 2.36. The molecular weight excluding hydrogens is 396 g/mol. The number of hydrogen-bond acceptors (Lipinski definition) is 5. The maximum Gasteiger partial charge on any atom is 0.337 e. The second-order valence-electron chi connectivity index (χ2n) is 6.76. The van der Waals surface area contributed by atoms with Crippen LogP contribution in [0.5, 0.6) is 5.75 Å². The summed E-state index contributed by atoms with van der Waals surface area (Å²) in [5.41, 5.74) is 2.17. The van der Waals surface area contributed by atoms with Crippen LogP contribution in [0.25, 0.3) is 0 Å². The van der Waals surface area contributed by atoms with E-state index in [0.29, 0.717) is 17.1 Å². The summed E-state index contributed by atoms with van der Waals surface area (Å²) in [6.45, 7) is 2.14. The SMILES string of the molecule is COC(=O)c1ccc(Cl)c(NC(=O)C2CC(=O)N(c3cc(C)ccc3OC)C2)c1. The molecule has 1 unspecified atom stereocenters. The monoisotopic (exact) mass is 416 g/mol. The molecule has 0 radical (unpaired) electrons. The summed E-state index contributed by atoms with van der Waals surface area (Å²) in [6, 6.07) is 10.0. The average molecular weight is 417 g/mol. The topological polar surface area (TPSA) is 84.9 Å². The maximum atomic E-state index is 12.8. The Kier molecular flexibility index (Phi) is 6.08. The van der Waals surface area contributed by atoms with Crippen LogP contribution in [0.4, 0.5) is 11.4 Å². The summed E-state index contributed by atoms with van der Waals surface area (Å²) in [7, 11) is 2.81. The number of amides is 2. The number of rotatable bonds is 5. The van der Waals surface area contributed by atoms with Gasteiger partial charge in [0, 0.05) is 13.0 Å². The van der Waals surface area contributed by atoms with E-state index < -0.39 is 11.9 Å². The highest BCUT2D eigenvalue weighted by Crippen LogP contribution is 2.34. The summed E-state index contributed by atoms with van der Waals surface area (Å²) in [4.78, 5) is 38.6. The van der Waals surface area contributed by atoms with Gasteiger partial charge in [0.05, 0.1) is 42.1 Å². The van der Waals surface area contributed by atoms with Crippen molar-refractivity contribution in [3.8, 4) is 5.75 Å². The number of nitrogens with one attached hydrogen (secondary N) is 1. The van der Waals surface area contributed by atoms with Gasteiger partial charge in [-0.25, -0.2) is 4.79 Å². The van der Waals surface area contributed by atoms with Crippen LogP contribution in [0, 0.1) is 12.8 Å². The molecule has 2 aromatic carbocycles. The van der Waals surface area contributed by atoms with Gasteiger partial charge in [0.1, 0.15) is 5.75 Å². The number of halogens is 1. The summed E-state index contributed by atoms with van der Waals surface area (Å²) >= 11 is 6.14. The normalized spacial score (nSPS) is 15.9. The molecule has 7 nitrogen and oxygen atoms in total. The molecule has 2 aromatic rings. The lowest BCUT2D eigenvalue weighted by Gasteiger charge is -2.20. The van der Waals surface area contributed by atoms with Gasteiger partial charge in [-0.05, 0) is 42.8 Å². The molecule has 3 rings (SSSR count). The summed E-state index contributed by atoms with van der Waals surface area (Å²) in [5.74, 6) is -1.05. The number of benzene rings is 2. The zero-order chi connectivity index (χ0) is 21.1. The zero-order valence-corrected chi connectivity index (χ0v) is 17.1. The van der Waals surface area contributed by atoms with Gasteiger partial charge >= 0.3 is 5.97 Å². The third-order valence-electron chi connectivity index (χ3n) is 4.77. The number of methoxy groups -OCH3 is 2. The number of ether oxygens (including phenoxy) is 2. The van der Waals surface area contributed by atoms with E-state index in [4.69, 9.17) is 16.3 Å². The molecule has 0 aromatic heterocycles. The van der Waals surface area contributed by atoms with E-state index in [2.05, 4.69) is 10.1 Å². The highest BCUT2D eigenvalue weighted by atomic mass is 35.5. The third kappa shape index (κ3) is 4.35. The molecule has 2 amide bonds. The molecule has 0 aliphatic carbocycles. The fraction of sp³-hybridized carbons (Fsp3) is 0.286. The fourth-order valence-corrected chi connectivity index (χ4v) is 3.39. The first kappa shape index (κ1) is 20.7. The molecule has 0 saturated carbocycles. The molecule has 1 N–H and O–H groups in total. The van der Waals surface area contributed by atoms with Gasteiger partial charge in [0.2, 0.25) is 11.8 Å². The summed E-state index contributed by atoms with van der Waals surface area (Å²) in [6.07, 6.45) is 0.0667. The maximum absolute atomic E-state index is 12.8. The minimum absolute atomic E-state index is 0.0667. The largest absolute Gasteiger partial charge is 0.495 e. The Hall–Kier alpha value is -3.06. The molecule has 1 aliphatic rings. The first-order valence-electron chi connectivity index (χ1n) is 8.97. The molecule has 0 spiro atoms. The fourth-order valence-electron chi connectivity index (χ4n) is 3.23. The Balaban J connectivity index is 1.78. The molecule has 1 aliphatic heterocycles. The number of carbonyl (C=O) groups excluding carboxylic acids is 3. The first-order chi connectivity index (χ1) is 13.8. The van der Waals surface area contributed by atoms with Crippen molar-refractivity contribution in [3.63, 3.8) is 0 Å². The van der Waals surface area contributed by atoms with Gasteiger partial charge in [-0.3, -0.25) is 9.59 Å². The van der Waals surface area contributed by atoms with Gasteiger partial charge in [0.25, 0.3) is 0 Å². The standard InChI is InChI=1S/C21H21ClN2O5/c1-12-4-7-18(28-2)17(8-12)24-11-14(10-19(24)25)20(26)23-16-9-13(21(27)29-3)5-6-15(16)22/h4-9,14H,10-11H2,1-3H3,(H,23,26). The van der Waals surface area contributed by atoms with Crippen molar-refractivity contribution in [2.75, 3.05) is 31.0 Å². The highest BCUT2D eigenvalue weighted by molar-refractivity contribution is 6.34. The van der Waals surface area contributed by atoms with E-state index in [1.807, 2.05) is 19.1 Å². The predicted octanol–water partition coefficient (Wildman–Crippen LogP) is 3.44. The van der Waals surface area contributed by atoms with Gasteiger partial charge in [-0.15, -0.1) is 0 Å². The molecule has 1 fully saturated rings. The molecule has 8 heteroatoms. The third-order valence-corrected chi connectivity index (χ3v) is 5.10. The van der Waals surface area contributed by atoms with Crippen LogP contribution in [-0.2, 0) is 14.3 Å². The lowest BCUT2D eigenvalue weighted by molar-refractivity contribution is -0.122. The smallest absolute Gasteiger partial charge is 0.337 e. The Morgan fingerprint density at radius 2 is 1.93 bits per heavy atom.